The molecule has 10 heteroatoms. The van der Waals surface area contributed by atoms with Crippen molar-refractivity contribution in [2.24, 2.45) is 0 Å². The van der Waals surface area contributed by atoms with Gasteiger partial charge in [-0.2, -0.15) is 4.98 Å². The molecule has 0 aliphatic carbocycles. The van der Waals surface area contributed by atoms with Gasteiger partial charge < -0.3 is 10.8 Å². The van der Waals surface area contributed by atoms with Crippen LogP contribution >= 0.6 is 11.3 Å². The van der Waals surface area contributed by atoms with Crippen LogP contribution in [-0.4, -0.2) is 40.0 Å². The quantitative estimate of drug-likeness (QED) is 0.548. The maximum absolute atomic E-state index is 10.2. The minimum atomic E-state index is -1.02. The molecule has 0 amide bonds. The number of rotatable bonds is 4. The van der Waals surface area contributed by atoms with Crippen LogP contribution in [0.4, 0.5) is 5.95 Å². The monoisotopic (exact) mass is 382 g/mol. The molecule has 0 aromatic carbocycles. The molecule has 4 heterocycles. The second kappa shape index (κ2) is 6.32. The minimum Gasteiger partial charge on any atom is -0.384 e. The summed E-state index contributed by atoms with van der Waals surface area (Å²) in [4.78, 5) is 17.6. The summed E-state index contributed by atoms with van der Waals surface area (Å²) < 4.78 is 1.62. The van der Waals surface area contributed by atoms with Crippen molar-refractivity contribution in [2.75, 3.05) is 5.73 Å². The second-order valence-electron chi connectivity index (χ2n) is 6.72. The van der Waals surface area contributed by atoms with Crippen LogP contribution in [0.15, 0.2) is 23.6 Å². The van der Waals surface area contributed by atoms with Gasteiger partial charge in [-0.05, 0) is 32.9 Å². The van der Waals surface area contributed by atoms with Gasteiger partial charge in [0.15, 0.2) is 11.2 Å². The molecule has 4 aromatic rings. The fourth-order valence-electron chi connectivity index (χ4n) is 2.65. The number of hydrogen-bond acceptors (Lipinski definition) is 9. The number of anilines is 1. The number of aromatic nitrogens is 7. The Bertz CT molecular complexity index is 1130. The highest BCUT2D eigenvalue weighted by molar-refractivity contribution is 7.13. The van der Waals surface area contributed by atoms with Crippen molar-refractivity contribution in [1.82, 2.24) is 34.9 Å². The number of hydrogen-bond donors (Lipinski definition) is 2. The van der Waals surface area contributed by atoms with Crippen LogP contribution < -0.4 is 5.73 Å². The third kappa shape index (κ3) is 3.36. The lowest BCUT2D eigenvalue weighted by molar-refractivity contribution is 0.0736. The van der Waals surface area contributed by atoms with Crippen LogP contribution in [0.25, 0.3) is 21.9 Å². The number of nitrogen functional groups attached to an aromatic ring is 1. The molecule has 0 unspecified atom stereocenters. The first-order valence-corrected chi connectivity index (χ1v) is 9.17. The molecule has 9 nitrogen and oxygen atoms in total. The molecule has 0 atom stereocenters. The highest BCUT2D eigenvalue weighted by Crippen LogP contribution is 2.28. The lowest BCUT2D eigenvalue weighted by Gasteiger charge is -2.17. The topological polar surface area (TPSA) is 129 Å². The Morgan fingerprint density at radius 3 is 2.70 bits per heavy atom. The third-order valence-electron chi connectivity index (χ3n) is 3.95. The van der Waals surface area contributed by atoms with E-state index >= 15 is 0 Å². The van der Waals surface area contributed by atoms with Gasteiger partial charge in [0.1, 0.15) is 16.3 Å². The predicted octanol–water partition coefficient (Wildman–Crippen LogP) is 1.91. The molecule has 0 saturated heterocycles. The summed E-state index contributed by atoms with van der Waals surface area (Å²) in [5, 5.41) is 21.3. The zero-order valence-corrected chi connectivity index (χ0v) is 15.9. The smallest absolute Gasteiger partial charge is 0.222 e. The molecule has 0 fully saturated rings. The predicted molar refractivity (Wildman–Crippen MR) is 102 cm³/mol. The van der Waals surface area contributed by atoms with Gasteiger partial charge in [0.2, 0.25) is 5.95 Å². The fraction of sp³-hybridized carbons (Fsp3) is 0.294. The van der Waals surface area contributed by atoms with Gasteiger partial charge in [0, 0.05) is 11.1 Å². The Balaban J connectivity index is 1.77. The van der Waals surface area contributed by atoms with Crippen molar-refractivity contribution < 1.29 is 5.11 Å². The Kier molecular flexibility index (Phi) is 4.08. The van der Waals surface area contributed by atoms with Gasteiger partial charge in [-0.15, -0.1) is 16.4 Å². The average molecular weight is 382 g/mol. The molecule has 27 heavy (non-hydrogen) atoms. The van der Waals surface area contributed by atoms with Gasteiger partial charge in [-0.1, -0.05) is 11.3 Å². The van der Waals surface area contributed by atoms with Crippen LogP contribution in [-0.2, 0) is 12.1 Å². The van der Waals surface area contributed by atoms with Crippen LogP contribution in [0.5, 0.6) is 0 Å². The summed E-state index contributed by atoms with van der Waals surface area (Å²) in [6.07, 6.45) is 0. The number of thiazole rings is 1. The molecule has 0 aliphatic heterocycles. The maximum Gasteiger partial charge on any atom is 0.222 e. The van der Waals surface area contributed by atoms with Gasteiger partial charge in [0.05, 0.1) is 17.9 Å². The number of pyridine rings is 1. The van der Waals surface area contributed by atoms with E-state index in [2.05, 4.69) is 30.2 Å². The lowest BCUT2D eigenvalue weighted by atomic mass is 10.0. The average Bonchev–Trinajstić information content (AvgIpc) is 3.21. The van der Waals surface area contributed by atoms with Crippen LogP contribution in [0.3, 0.4) is 0 Å². The molecule has 0 spiro atoms. The first-order valence-electron chi connectivity index (χ1n) is 8.29. The van der Waals surface area contributed by atoms with E-state index in [0.29, 0.717) is 29.1 Å². The SMILES string of the molecule is Cc1csc(-c2nc(N)nc3c2nnn3Cc2cccc(C(C)(C)O)n2)n1. The van der Waals surface area contributed by atoms with Crippen molar-refractivity contribution in [3.8, 4) is 10.7 Å². The molecule has 3 N–H and O–H groups in total. The second-order valence-corrected chi connectivity index (χ2v) is 7.58. The van der Waals surface area contributed by atoms with E-state index in [0.717, 1.165) is 16.4 Å². The van der Waals surface area contributed by atoms with Crippen molar-refractivity contribution in [3.63, 3.8) is 0 Å². The summed E-state index contributed by atoms with van der Waals surface area (Å²) in [7, 11) is 0. The first kappa shape index (κ1) is 17.4. The Morgan fingerprint density at radius 2 is 2.00 bits per heavy atom. The van der Waals surface area contributed by atoms with Crippen LogP contribution in [0.1, 0.15) is 30.9 Å². The molecule has 0 bridgehead atoms. The van der Waals surface area contributed by atoms with Crippen molar-refractivity contribution in [1.29, 1.82) is 0 Å². The van der Waals surface area contributed by atoms with E-state index in [-0.39, 0.29) is 5.95 Å². The number of nitrogens with two attached hydrogens (primary N) is 1. The molecule has 4 rings (SSSR count). The van der Waals surface area contributed by atoms with Gasteiger partial charge in [-0.25, -0.2) is 14.6 Å². The summed E-state index contributed by atoms with van der Waals surface area (Å²) in [6.45, 7) is 5.65. The summed E-state index contributed by atoms with van der Waals surface area (Å²) in [5.41, 5.74) is 8.72. The number of aliphatic hydroxyl groups is 1. The van der Waals surface area contributed by atoms with Gasteiger partial charge in [0.25, 0.3) is 0 Å². The first-order chi connectivity index (χ1) is 12.8. The standard InChI is InChI=1S/C17H18N8OS/c1-9-8-27-15(19-9)13-12-14(22-16(18)21-13)25(24-23-12)7-10-5-4-6-11(20-10)17(2,3)26/h4-6,8,26H,7H2,1-3H3,(H2,18,21,22). The maximum atomic E-state index is 10.2. The largest absolute Gasteiger partial charge is 0.384 e. The normalized spacial score (nSPS) is 12.0. The van der Waals surface area contributed by atoms with Gasteiger partial charge in [-0.3, -0.25) is 4.98 Å². The third-order valence-corrected chi connectivity index (χ3v) is 4.91. The molecule has 138 valence electrons. The van der Waals surface area contributed by atoms with Crippen molar-refractivity contribution >= 4 is 28.4 Å². The van der Waals surface area contributed by atoms with Gasteiger partial charge >= 0.3 is 0 Å². The Morgan fingerprint density at radius 1 is 1.19 bits per heavy atom. The Hall–Kier alpha value is -2.98. The molecular formula is C17H18N8OS. The van der Waals surface area contributed by atoms with E-state index in [1.165, 1.54) is 11.3 Å². The summed E-state index contributed by atoms with van der Waals surface area (Å²) in [6, 6.07) is 5.49. The van der Waals surface area contributed by atoms with E-state index in [1.807, 2.05) is 24.4 Å². The molecule has 0 radical (unpaired) electrons. The van der Waals surface area contributed by atoms with Crippen LogP contribution in [0.2, 0.25) is 0 Å². The van der Waals surface area contributed by atoms with Crippen molar-refractivity contribution in [2.45, 2.75) is 32.9 Å². The van der Waals surface area contributed by atoms with E-state index in [9.17, 15) is 5.11 Å². The highest BCUT2D eigenvalue weighted by Gasteiger charge is 2.20. The lowest BCUT2D eigenvalue weighted by Crippen LogP contribution is -2.18. The zero-order chi connectivity index (χ0) is 19.2. The molecular weight excluding hydrogens is 364 g/mol. The fourth-order valence-corrected chi connectivity index (χ4v) is 3.44. The van der Waals surface area contributed by atoms with Crippen molar-refractivity contribution in [3.05, 3.63) is 40.7 Å². The van der Waals surface area contributed by atoms with E-state index in [4.69, 9.17) is 5.73 Å². The number of nitrogens with zero attached hydrogens (tertiary/aromatic N) is 7. The zero-order valence-electron chi connectivity index (χ0n) is 15.1. The Labute approximate surface area is 159 Å². The summed E-state index contributed by atoms with van der Waals surface area (Å²) in [5.74, 6) is 0.132. The minimum absolute atomic E-state index is 0.132. The van der Waals surface area contributed by atoms with Crippen LogP contribution in [0, 0.1) is 6.92 Å². The molecule has 0 aliphatic rings. The van der Waals surface area contributed by atoms with E-state index < -0.39 is 5.60 Å². The molecule has 4 aromatic heterocycles. The van der Waals surface area contributed by atoms with E-state index in [1.54, 1.807) is 24.6 Å². The highest BCUT2D eigenvalue weighted by atomic mass is 32.1. The number of aryl methyl sites for hydroxylation is 1. The summed E-state index contributed by atoms with van der Waals surface area (Å²) >= 11 is 1.47. The molecule has 0 saturated carbocycles. The number of fused-ring (bicyclic) bond motifs is 1.